The van der Waals surface area contributed by atoms with Crippen molar-refractivity contribution in [1.29, 1.82) is 0 Å². The standard InChI is InChI=1S/C10H6F4N2O/c11-8-3-5(10(12,13)14)1-2-6(8)7-4-16-17-9(7)15/h1-4H,15H2. The van der Waals surface area contributed by atoms with Crippen molar-refractivity contribution in [2.75, 3.05) is 5.73 Å². The summed E-state index contributed by atoms with van der Waals surface area (Å²) in [6, 6.07) is 2.16. The fourth-order valence-corrected chi connectivity index (χ4v) is 1.36. The predicted octanol–water partition coefficient (Wildman–Crippen LogP) is 3.08. The Morgan fingerprint density at radius 1 is 1.18 bits per heavy atom. The molecule has 0 unspecified atom stereocenters. The number of anilines is 1. The van der Waals surface area contributed by atoms with Gasteiger partial charge in [-0.3, -0.25) is 0 Å². The molecule has 0 atom stereocenters. The molecule has 2 aromatic rings. The lowest BCUT2D eigenvalue weighted by Crippen LogP contribution is -2.05. The Kier molecular flexibility index (Phi) is 2.53. The number of halogens is 4. The average Bonchev–Trinajstić information content (AvgIpc) is 2.63. The van der Waals surface area contributed by atoms with Crippen LogP contribution in [0, 0.1) is 5.82 Å². The molecule has 0 aliphatic heterocycles. The van der Waals surface area contributed by atoms with E-state index in [0.29, 0.717) is 6.07 Å². The van der Waals surface area contributed by atoms with E-state index in [-0.39, 0.29) is 17.0 Å². The largest absolute Gasteiger partial charge is 0.416 e. The third kappa shape index (κ3) is 2.08. The van der Waals surface area contributed by atoms with Crippen molar-refractivity contribution in [2.24, 2.45) is 0 Å². The molecular formula is C10H6F4N2O. The van der Waals surface area contributed by atoms with Crippen LogP contribution in [0.2, 0.25) is 0 Å². The Morgan fingerprint density at radius 3 is 2.35 bits per heavy atom. The molecule has 3 nitrogen and oxygen atoms in total. The van der Waals surface area contributed by atoms with E-state index in [1.54, 1.807) is 0 Å². The summed E-state index contributed by atoms with van der Waals surface area (Å²) in [4.78, 5) is 0. The quantitative estimate of drug-likeness (QED) is 0.786. The normalized spacial score (nSPS) is 11.8. The Bertz CT molecular complexity index is 547. The average molecular weight is 246 g/mol. The molecule has 0 radical (unpaired) electrons. The molecule has 1 aromatic carbocycles. The van der Waals surface area contributed by atoms with Crippen LogP contribution in [0.4, 0.5) is 23.4 Å². The van der Waals surface area contributed by atoms with Gasteiger partial charge in [0.1, 0.15) is 5.82 Å². The second-order valence-corrected chi connectivity index (χ2v) is 3.30. The first-order valence-electron chi connectivity index (χ1n) is 4.47. The first-order chi connectivity index (χ1) is 7.89. The second-order valence-electron chi connectivity index (χ2n) is 3.30. The molecule has 1 aromatic heterocycles. The number of aromatic nitrogens is 1. The van der Waals surface area contributed by atoms with Crippen molar-refractivity contribution in [3.8, 4) is 11.1 Å². The minimum Gasteiger partial charge on any atom is -0.367 e. The first-order valence-corrected chi connectivity index (χ1v) is 4.47. The third-order valence-electron chi connectivity index (χ3n) is 2.18. The van der Waals surface area contributed by atoms with E-state index in [9.17, 15) is 17.6 Å². The number of nitrogen functional groups attached to an aromatic ring is 1. The van der Waals surface area contributed by atoms with Crippen LogP contribution in [-0.4, -0.2) is 5.16 Å². The van der Waals surface area contributed by atoms with E-state index in [4.69, 9.17) is 5.73 Å². The van der Waals surface area contributed by atoms with Crippen LogP contribution in [0.5, 0.6) is 0 Å². The van der Waals surface area contributed by atoms with Gasteiger partial charge in [-0.25, -0.2) is 4.39 Å². The van der Waals surface area contributed by atoms with Gasteiger partial charge in [-0.15, -0.1) is 0 Å². The van der Waals surface area contributed by atoms with Gasteiger partial charge in [-0.1, -0.05) is 11.2 Å². The number of hydrogen-bond acceptors (Lipinski definition) is 3. The molecule has 2 N–H and O–H groups in total. The minimum absolute atomic E-state index is 0.0863. The Morgan fingerprint density at radius 2 is 1.88 bits per heavy atom. The number of alkyl halides is 3. The van der Waals surface area contributed by atoms with E-state index in [1.165, 1.54) is 0 Å². The van der Waals surface area contributed by atoms with E-state index >= 15 is 0 Å². The molecule has 0 aliphatic rings. The van der Waals surface area contributed by atoms with Crippen LogP contribution in [0.15, 0.2) is 28.9 Å². The van der Waals surface area contributed by atoms with E-state index < -0.39 is 17.6 Å². The van der Waals surface area contributed by atoms with E-state index in [0.717, 1.165) is 18.3 Å². The summed E-state index contributed by atoms with van der Waals surface area (Å²) < 4.78 is 54.9. The van der Waals surface area contributed by atoms with Gasteiger partial charge in [-0.2, -0.15) is 13.2 Å². The molecule has 0 bridgehead atoms. The summed E-state index contributed by atoms with van der Waals surface area (Å²) in [5.74, 6) is -1.18. The van der Waals surface area contributed by atoms with Gasteiger partial charge in [0.05, 0.1) is 17.3 Å². The fourth-order valence-electron chi connectivity index (χ4n) is 1.36. The number of nitrogens with zero attached hydrogens (tertiary/aromatic N) is 1. The Hall–Kier alpha value is -2.05. The summed E-state index contributed by atoms with van der Waals surface area (Å²) in [7, 11) is 0. The SMILES string of the molecule is Nc1oncc1-c1ccc(C(F)(F)F)cc1F. The topological polar surface area (TPSA) is 52.0 Å². The van der Waals surface area contributed by atoms with Crippen LogP contribution in [0.3, 0.4) is 0 Å². The van der Waals surface area contributed by atoms with Gasteiger partial charge in [0, 0.05) is 5.56 Å². The van der Waals surface area contributed by atoms with Crippen molar-refractivity contribution in [2.45, 2.75) is 6.18 Å². The van der Waals surface area contributed by atoms with Crippen LogP contribution < -0.4 is 5.73 Å². The maximum absolute atomic E-state index is 13.5. The van der Waals surface area contributed by atoms with Crippen LogP contribution in [0.1, 0.15) is 5.56 Å². The molecule has 0 aliphatic carbocycles. The molecule has 0 saturated heterocycles. The maximum Gasteiger partial charge on any atom is 0.416 e. The molecule has 17 heavy (non-hydrogen) atoms. The number of benzene rings is 1. The van der Waals surface area contributed by atoms with Crippen molar-refractivity contribution >= 4 is 5.88 Å². The molecule has 0 saturated carbocycles. The Labute approximate surface area is 92.8 Å². The van der Waals surface area contributed by atoms with Crippen LogP contribution in [0.25, 0.3) is 11.1 Å². The highest BCUT2D eigenvalue weighted by Crippen LogP contribution is 2.34. The summed E-state index contributed by atoms with van der Waals surface area (Å²) >= 11 is 0. The van der Waals surface area contributed by atoms with Gasteiger partial charge >= 0.3 is 6.18 Å². The minimum atomic E-state index is -4.58. The molecular weight excluding hydrogens is 240 g/mol. The molecule has 0 spiro atoms. The van der Waals surface area contributed by atoms with Crippen molar-refractivity contribution in [3.05, 3.63) is 35.8 Å². The van der Waals surface area contributed by atoms with Crippen molar-refractivity contribution in [3.63, 3.8) is 0 Å². The first kappa shape index (κ1) is 11.4. The zero-order valence-corrected chi connectivity index (χ0v) is 8.25. The van der Waals surface area contributed by atoms with E-state index in [2.05, 4.69) is 9.68 Å². The summed E-state index contributed by atoms with van der Waals surface area (Å²) in [5, 5.41) is 3.32. The zero-order chi connectivity index (χ0) is 12.6. The predicted molar refractivity (Wildman–Crippen MR) is 51.3 cm³/mol. The summed E-state index contributed by atoms with van der Waals surface area (Å²) in [5.41, 5.74) is 4.32. The molecule has 1 heterocycles. The van der Waals surface area contributed by atoms with Crippen LogP contribution in [-0.2, 0) is 6.18 Å². The van der Waals surface area contributed by atoms with Crippen molar-refractivity contribution < 1.29 is 22.1 Å². The summed E-state index contributed by atoms with van der Waals surface area (Å²) in [6.07, 6.45) is -3.44. The molecule has 2 rings (SSSR count). The van der Waals surface area contributed by atoms with Gasteiger partial charge in [0.2, 0.25) is 5.88 Å². The van der Waals surface area contributed by atoms with Gasteiger partial charge in [0.25, 0.3) is 0 Å². The molecule has 0 amide bonds. The lowest BCUT2D eigenvalue weighted by Gasteiger charge is -2.08. The molecule has 7 heteroatoms. The summed E-state index contributed by atoms with van der Waals surface area (Å²) in [6.45, 7) is 0. The highest BCUT2D eigenvalue weighted by atomic mass is 19.4. The fraction of sp³-hybridized carbons (Fsp3) is 0.100. The smallest absolute Gasteiger partial charge is 0.367 e. The van der Waals surface area contributed by atoms with Gasteiger partial charge < -0.3 is 10.3 Å². The number of nitrogens with two attached hydrogens (primary N) is 1. The molecule has 90 valence electrons. The van der Waals surface area contributed by atoms with E-state index in [1.807, 2.05) is 0 Å². The highest BCUT2D eigenvalue weighted by molar-refractivity contribution is 5.72. The number of hydrogen-bond donors (Lipinski definition) is 1. The number of rotatable bonds is 1. The third-order valence-corrected chi connectivity index (χ3v) is 2.18. The molecule has 0 fully saturated rings. The lowest BCUT2D eigenvalue weighted by molar-refractivity contribution is -0.137. The monoisotopic (exact) mass is 246 g/mol. The van der Waals surface area contributed by atoms with Gasteiger partial charge in [0.15, 0.2) is 0 Å². The lowest BCUT2D eigenvalue weighted by atomic mass is 10.1. The van der Waals surface area contributed by atoms with Crippen LogP contribution >= 0.6 is 0 Å². The Balaban J connectivity index is 2.50. The zero-order valence-electron chi connectivity index (χ0n) is 8.25. The maximum atomic E-state index is 13.5. The highest BCUT2D eigenvalue weighted by Gasteiger charge is 2.31. The second kappa shape index (κ2) is 3.76. The van der Waals surface area contributed by atoms with Gasteiger partial charge in [-0.05, 0) is 12.1 Å². The van der Waals surface area contributed by atoms with Crippen molar-refractivity contribution in [1.82, 2.24) is 5.16 Å².